The van der Waals surface area contributed by atoms with Crippen LogP contribution in [0.5, 0.6) is 0 Å². The van der Waals surface area contributed by atoms with Crippen LogP contribution in [-0.4, -0.2) is 30.7 Å². The molecule has 0 aromatic heterocycles. The van der Waals surface area contributed by atoms with Crippen molar-refractivity contribution in [2.24, 2.45) is 0 Å². The first kappa shape index (κ1) is 10.8. The molecule has 0 spiro atoms. The van der Waals surface area contributed by atoms with Gasteiger partial charge in [-0.15, -0.1) is 0 Å². The largest absolute Gasteiger partial charge is 0.358 e. The quantitative estimate of drug-likeness (QED) is 0.383. The lowest BCUT2D eigenvalue weighted by Gasteiger charge is -1.96. The summed E-state index contributed by atoms with van der Waals surface area (Å²) in [6, 6.07) is 0. The Morgan fingerprint density at radius 3 is 2.82 bits per heavy atom. The highest BCUT2D eigenvalue weighted by Gasteiger charge is 1.96. The number of carbonyl (C=O) groups is 2. The van der Waals surface area contributed by atoms with Crippen LogP contribution < -0.4 is 5.32 Å². The van der Waals surface area contributed by atoms with E-state index in [1.54, 1.807) is 17.8 Å². The van der Waals surface area contributed by atoms with Gasteiger partial charge in [0.25, 0.3) is 0 Å². The van der Waals surface area contributed by atoms with Gasteiger partial charge >= 0.3 is 0 Å². The zero-order valence-corrected chi connectivity index (χ0v) is 7.96. The minimum Gasteiger partial charge on any atom is -0.358 e. The lowest BCUT2D eigenvalue weighted by molar-refractivity contribution is -0.118. The smallest absolute Gasteiger partial charge is 0.230 e. The van der Waals surface area contributed by atoms with Crippen molar-refractivity contribution >= 4 is 33.8 Å². The summed E-state index contributed by atoms with van der Waals surface area (Å²) in [4.78, 5) is 20.5. The normalized spacial score (nSPS) is 9.18. The summed E-state index contributed by atoms with van der Waals surface area (Å²) in [5.74, 6) is 1.26. The number of amides is 1. The molecule has 0 unspecified atom stereocenters. The minimum absolute atomic E-state index is 0.0219. The molecule has 0 rings (SSSR count). The van der Waals surface area contributed by atoms with Crippen molar-refractivity contribution in [2.75, 3.05) is 18.6 Å². The summed E-state index contributed by atoms with van der Waals surface area (Å²) in [6.07, 6.45) is 1.44. The van der Waals surface area contributed by atoms with Crippen molar-refractivity contribution < 1.29 is 9.59 Å². The highest BCUT2D eigenvalue weighted by molar-refractivity contribution is 8.76. The molecule has 0 aliphatic heterocycles. The Bertz CT molecular complexity index is 130. The van der Waals surface area contributed by atoms with Gasteiger partial charge in [0.05, 0.1) is 5.75 Å². The van der Waals surface area contributed by atoms with Crippen LogP contribution in [-0.2, 0) is 9.59 Å². The first-order valence-electron chi connectivity index (χ1n) is 3.20. The second kappa shape index (κ2) is 7.94. The highest BCUT2D eigenvalue weighted by atomic mass is 33.1. The van der Waals surface area contributed by atoms with Crippen LogP contribution >= 0.6 is 21.6 Å². The van der Waals surface area contributed by atoms with E-state index in [9.17, 15) is 9.59 Å². The average molecular weight is 193 g/mol. The van der Waals surface area contributed by atoms with Gasteiger partial charge in [0.15, 0.2) is 0 Å². The third-order valence-corrected chi connectivity index (χ3v) is 3.17. The molecule has 11 heavy (non-hydrogen) atoms. The molecule has 3 nitrogen and oxygen atoms in total. The van der Waals surface area contributed by atoms with Gasteiger partial charge in [0, 0.05) is 19.2 Å². The Kier molecular flexibility index (Phi) is 7.83. The number of nitrogens with one attached hydrogen (secondary N) is 1. The standard InChI is InChI=1S/C6H11NO2S2/c1-7-6(9)5-11-10-4-2-3-8/h3H,2,4-5H2,1H3,(H,7,9). The Labute approximate surface area is 74.1 Å². The van der Waals surface area contributed by atoms with E-state index in [0.717, 1.165) is 12.0 Å². The molecular formula is C6H11NO2S2. The van der Waals surface area contributed by atoms with Gasteiger partial charge in [-0.1, -0.05) is 21.6 Å². The Hall–Kier alpha value is -0.160. The second-order valence-corrected chi connectivity index (χ2v) is 4.30. The summed E-state index contributed by atoms with van der Waals surface area (Å²) in [5.41, 5.74) is 0. The van der Waals surface area contributed by atoms with Gasteiger partial charge in [0.2, 0.25) is 5.91 Å². The zero-order valence-electron chi connectivity index (χ0n) is 6.33. The summed E-state index contributed by atoms with van der Waals surface area (Å²) < 4.78 is 0. The highest BCUT2D eigenvalue weighted by Crippen LogP contribution is 2.20. The van der Waals surface area contributed by atoms with E-state index in [0.29, 0.717) is 12.2 Å². The molecule has 1 N–H and O–H groups in total. The number of rotatable bonds is 6. The van der Waals surface area contributed by atoms with E-state index in [-0.39, 0.29) is 5.91 Å². The number of hydrogen-bond donors (Lipinski definition) is 1. The Morgan fingerprint density at radius 2 is 2.27 bits per heavy atom. The molecule has 5 heteroatoms. The predicted molar refractivity (Wildman–Crippen MR) is 49.7 cm³/mol. The third-order valence-electron chi connectivity index (χ3n) is 0.871. The van der Waals surface area contributed by atoms with E-state index in [2.05, 4.69) is 5.32 Å². The summed E-state index contributed by atoms with van der Waals surface area (Å²) in [6.45, 7) is 0. The molecule has 0 saturated heterocycles. The number of aldehydes is 1. The van der Waals surface area contributed by atoms with Gasteiger partial charge < -0.3 is 10.1 Å². The SMILES string of the molecule is CNC(=O)CSSCCC=O. The van der Waals surface area contributed by atoms with Crippen LogP contribution in [0.3, 0.4) is 0 Å². The van der Waals surface area contributed by atoms with Crippen LogP contribution in [0.2, 0.25) is 0 Å². The number of hydrogen-bond acceptors (Lipinski definition) is 4. The minimum atomic E-state index is 0.0219. The second-order valence-electron chi connectivity index (χ2n) is 1.71. The Balaban J connectivity index is 3.01. The molecule has 0 aliphatic carbocycles. The molecule has 64 valence electrons. The van der Waals surface area contributed by atoms with E-state index in [4.69, 9.17) is 0 Å². The van der Waals surface area contributed by atoms with E-state index >= 15 is 0 Å². The van der Waals surface area contributed by atoms with Crippen molar-refractivity contribution in [3.05, 3.63) is 0 Å². The van der Waals surface area contributed by atoms with Crippen LogP contribution in [0.1, 0.15) is 6.42 Å². The maximum atomic E-state index is 10.6. The van der Waals surface area contributed by atoms with Crippen molar-refractivity contribution in [3.63, 3.8) is 0 Å². The summed E-state index contributed by atoms with van der Waals surface area (Å²) in [5, 5.41) is 2.51. The molecule has 0 bridgehead atoms. The van der Waals surface area contributed by atoms with Gasteiger partial charge in [-0.2, -0.15) is 0 Å². The van der Waals surface area contributed by atoms with Crippen molar-refractivity contribution in [2.45, 2.75) is 6.42 Å². The molecule has 0 heterocycles. The van der Waals surface area contributed by atoms with Gasteiger partial charge in [0.1, 0.15) is 6.29 Å². The molecule has 0 atom stereocenters. The predicted octanol–water partition coefficient (Wildman–Crippen LogP) is 0.703. The topological polar surface area (TPSA) is 46.2 Å². The molecule has 0 aromatic rings. The third kappa shape index (κ3) is 7.74. The molecule has 0 radical (unpaired) electrons. The van der Waals surface area contributed by atoms with Crippen LogP contribution in [0.25, 0.3) is 0 Å². The molecule has 0 saturated carbocycles. The van der Waals surface area contributed by atoms with Crippen molar-refractivity contribution in [1.29, 1.82) is 0 Å². The monoisotopic (exact) mass is 193 g/mol. The van der Waals surface area contributed by atoms with Crippen molar-refractivity contribution in [3.8, 4) is 0 Å². The molecule has 1 amide bonds. The summed E-state index contributed by atoms with van der Waals surface area (Å²) >= 11 is 0. The average Bonchev–Trinajstić information content (AvgIpc) is 2.04. The fourth-order valence-electron chi connectivity index (χ4n) is 0.323. The van der Waals surface area contributed by atoms with E-state index in [1.165, 1.54) is 10.8 Å². The fraction of sp³-hybridized carbons (Fsp3) is 0.667. The molecule has 0 fully saturated rings. The lowest BCUT2D eigenvalue weighted by atomic mass is 10.6. The van der Waals surface area contributed by atoms with Gasteiger partial charge in [-0.3, -0.25) is 4.79 Å². The lowest BCUT2D eigenvalue weighted by Crippen LogP contribution is -2.19. The maximum absolute atomic E-state index is 10.6. The maximum Gasteiger partial charge on any atom is 0.230 e. The first-order chi connectivity index (χ1) is 5.31. The van der Waals surface area contributed by atoms with E-state index < -0.39 is 0 Å². The first-order valence-corrected chi connectivity index (χ1v) is 5.68. The zero-order chi connectivity index (χ0) is 8.53. The fourth-order valence-corrected chi connectivity index (χ4v) is 2.18. The summed E-state index contributed by atoms with van der Waals surface area (Å²) in [7, 11) is 4.63. The van der Waals surface area contributed by atoms with Crippen LogP contribution in [0, 0.1) is 0 Å². The Morgan fingerprint density at radius 1 is 1.55 bits per heavy atom. The van der Waals surface area contributed by atoms with Gasteiger partial charge in [-0.25, -0.2) is 0 Å². The van der Waals surface area contributed by atoms with Crippen LogP contribution in [0.15, 0.2) is 0 Å². The van der Waals surface area contributed by atoms with Crippen molar-refractivity contribution in [1.82, 2.24) is 5.32 Å². The molecule has 0 aromatic carbocycles. The molecular weight excluding hydrogens is 182 g/mol. The molecule has 0 aliphatic rings. The van der Waals surface area contributed by atoms with E-state index in [1.807, 2.05) is 0 Å². The van der Waals surface area contributed by atoms with Crippen LogP contribution in [0.4, 0.5) is 0 Å². The van der Waals surface area contributed by atoms with Gasteiger partial charge in [-0.05, 0) is 0 Å². The number of carbonyl (C=O) groups excluding carboxylic acids is 2.